The molecule has 1 N–H and O–H groups in total. The lowest BCUT2D eigenvalue weighted by atomic mass is 9.80. The average Bonchev–Trinajstić information content (AvgIpc) is 2.15. The Balaban J connectivity index is 2.64. The summed E-state index contributed by atoms with van der Waals surface area (Å²) in [6, 6.07) is 0. The van der Waals surface area contributed by atoms with Gasteiger partial charge in [0.15, 0.2) is 0 Å². The fourth-order valence-corrected chi connectivity index (χ4v) is 2.22. The van der Waals surface area contributed by atoms with Crippen LogP contribution in [-0.2, 0) is 0 Å². The summed E-state index contributed by atoms with van der Waals surface area (Å²) >= 11 is 0. The third-order valence-corrected chi connectivity index (χ3v) is 3.23. The van der Waals surface area contributed by atoms with E-state index < -0.39 is 5.60 Å². The second-order valence-corrected chi connectivity index (χ2v) is 4.93. The first kappa shape index (κ1) is 11.8. The summed E-state index contributed by atoms with van der Waals surface area (Å²) in [6.07, 6.45) is 8.71. The van der Waals surface area contributed by atoms with Crippen molar-refractivity contribution in [2.24, 2.45) is 5.92 Å². The molecule has 1 nitrogen and oxygen atoms in total. The third kappa shape index (κ3) is 3.13. The SMILES string of the molecule is CCCCC1(O)C=C(C(C)C)CCC1. The van der Waals surface area contributed by atoms with Gasteiger partial charge in [-0.25, -0.2) is 0 Å². The van der Waals surface area contributed by atoms with Crippen LogP contribution in [0.2, 0.25) is 0 Å². The van der Waals surface area contributed by atoms with Gasteiger partial charge in [-0.1, -0.05) is 45.3 Å². The molecular weight excluding hydrogens is 172 g/mol. The molecule has 0 saturated heterocycles. The Kier molecular flexibility index (Phi) is 4.18. The summed E-state index contributed by atoms with van der Waals surface area (Å²) in [5.41, 5.74) is 0.975. The summed E-state index contributed by atoms with van der Waals surface area (Å²) in [4.78, 5) is 0. The smallest absolute Gasteiger partial charge is 0.0830 e. The molecule has 0 aromatic heterocycles. The van der Waals surface area contributed by atoms with Gasteiger partial charge in [-0.15, -0.1) is 0 Å². The number of allylic oxidation sites excluding steroid dienone is 1. The van der Waals surface area contributed by atoms with Crippen LogP contribution in [0.4, 0.5) is 0 Å². The van der Waals surface area contributed by atoms with Gasteiger partial charge < -0.3 is 5.11 Å². The van der Waals surface area contributed by atoms with E-state index in [1.54, 1.807) is 0 Å². The molecule has 1 aliphatic carbocycles. The highest BCUT2D eigenvalue weighted by Crippen LogP contribution is 2.33. The molecule has 1 rings (SSSR count). The Morgan fingerprint density at radius 2 is 2.21 bits per heavy atom. The van der Waals surface area contributed by atoms with E-state index in [0.717, 1.165) is 25.7 Å². The molecule has 0 aromatic rings. The van der Waals surface area contributed by atoms with Crippen molar-refractivity contribution in [1.29, 1.82) is 0 Å². The standard InChI is InChI=1S/C13H24O/c1-4-5-8-13(14)9-6-7-12(10-13)11(2)3/h10-11,14H,4-9H2,1-3H3. The van der Waals surface area contributed by atoms with Gasteiger partial charge in [-0.2, -0.15) is 0 Å². The second-order valence-electron chi connectivity index (χ2n) is 4.93. The first-order valence-electron chi connectivity index (χ1n) is 6.01. The Morgan fingerprint density at radius 1 is 1.50 bits per heavy atom. The molecule has 0 saturated carbocycles. The number of aliphatic hydroxyl groups is 1. The van der Waals surface area contributed by atoms with Crippen LogP contribution in [0.5, 0.6) is 0 Å². The third-order valence-electron chi connectivity index (χ3n) is 3.23. The Labute approximate surface area is 88.2 Å². The summed E-state index contributed by atoms with van der Waals surface area (Å²) in [5, 5.41) is 10.3. The maximum absolute atomic E-state index is 10.3. The van der Waals surface area contributed by atoms with E-state index in [4.69, 9.17) is 0 Å². The quantitative estimate of drug-likeness (QED) is 0.680. The number of hydrogen-bond donors (Lipinski definition) is 1. The van der Waals surface area contributed by atoms with E-state index in [-0.39, 0.29) is 0 Å². The maximum Gasteiger partial charge on any atom is 0.0830 e. The molecule has 14 heavy (non-hydrogen) atoms. The molecule has 82 valence electrons. The molecule has 1 heteroatoms. The van der Waals surface area contributed by atoms with Crippen LogP contribution in [0.3, 0.4) is 0 Å². The number of hydrogen-bond acceptors (Lipinski definition) is 1. The minimum absolute atomic E-state index is 0.478. The fraction of sp³-hybridized carbons (Fsp3) is 0.846. The largest absolute Gasteiger partial charge is 0.386 e. The molecule has 1 aliphatic rings. The van der Waals surface area contributed by atoms with Crippen LogP contribution in [-0.4, -0.2) is 10.7 Å². The average molecular weight is 196 g/mol. The van der Waals surface area contributed by atoms with Gasteiger partial charge in [-0.3, -0.25) is 0 Å². The van der Waals surface area contributed by atoms with E-state index in [9.17, 15) is 5.11 Å². The lowest BCUT2D eigenvalue weighted by Crippen LogP contribution is -2.29. The van der Waals surface area contributed by atoms with Gasteiger partial charge in [-0.05, 0) is 31.6 Å². The van der Waals surface area contributed by atoms with E-state index in [1.165, 1.54) is 18.4 Å². The van der Waals surface area contributed by atoms with Gasteiger partial charge in [0.1, 0.15) is 0 Å². The van der Waals surface area contributed by atoms with E-state index in [0.29, 0.717) is 5.92 Å². The molecular formula is C13H24O. The van der Waals surface area contributed by atoms with Gasteiger partial charge in [0, 0.05) is 0 Å². The topological polar surface area (TPSA) is 20.2 Å². The summed E-state index contributed by atoms with van der Waals surface area (Å²) in [5.74, 6) is 0.600. The highest BCUT2D eigenvalue weighted by molar-refractivity contribution is 5.16. The monoisotopic (exact) mass is 196 g/mol. The van der Waals surface area contributed by atoms with Crippen molar-refractivity contribution < 1.29 is 5.11 Å². The van der Waals surface area contributed by atoms with Gasteiger partial charge in [0.05, 0.1) is 5.60 Å². The van der Waals surface area contributed by atoms with E-state index >= 15 is 0 Å². The maximum atomic E-state index is 10.3. The van der Waals surface area contributed by atoms with Crippen molar-refractivity contribution in [3.63, 3.8) is 0 Å². The molecule has 0 amide bonds. The normalized spacial score (nSPS) is 27.9. The molecule has 0 spiro atoms. The Morgan fingerprint density at radius 3 is 2.79 bits per heavy atom. The van der Waals surface area contributed by atoms with Crippen LogP contribution in [0.1, 0.15) is 59.3 Å². The zero-order valence-corrected chi connectivity index (χ0v) is 9.84. The first-order chi connectivity index (χ1) is 6.57. The zero-order chi connectivity index (χ0) is 10.6. The predicted octanol–water partition coefficient (Wildman–Crippen LogP) is 3.67. The highest BCUT2D eigenvalue weighted by atomic mass is 16.3. The summed E-state index contributed by atoms with van der Waals surface area (Å²) in [7, 11) is 0. The minimum atomic E-state index is -0.478. The van der Waals surface area contributed by atoms with Crippen LogP contribution < -0.4 is 0 Å². The predicted molar refractivity (Wildman–Crippen MR) is 61.2 cm³/mol. The zero-order valence-electron chi connectivity index (χ0n) is 9.84. The molecule has 0 radical (unpaired) electrons. The number of rotatable bonds is 4. The van der Waals surface area contributed by atoms with Crippen molar-refractivity contribution in [3.8, 4) is 0 Å². The Bertz CT molecular complexity index is 205. The van der Waals surface area contributed by atoms with Crippen molar-refractivity contribution in [2.45, 2.75) is 64.9 Å². The molecule has 0 aliphatic heterocycles. The molecule has 1 unspecified atom stereocenters. The van der Waals surface area contributed by atoms with Crippen LogP contribution in [0, 0.1) is 5.92 Å². The Hall–Kier alpha value is -0.300. The molecule has 0 heterocycles. The van der Waals surface area contributed by atoms with Crippen LogP contribution in [0.15, 0.2) is 11.6 Å². The van der Waals surface area contributed by atoms with E-state index in [1.807, 2.05) is 0 Å². The van der Waals surface area contributed by atoms with E-state index in [2.05, 4.69) is 26.8 Å². The second kappa shape index (κ2) is 4.97. The van der Waals surface area contributed by atoms with Crippen molar-refractivity contribution >= 4 is 0 Å². The van der Waals surface area contributed by atoms with Crippen molar-refractivity contribution in [1.82, 2.24) is 0 Å². The minimum Gasteiger partial charge on any atom is -0.386 e. The van der Waals surface area contributed by atoms with Gasteiger partial charge >= 0.3 is 0 Å². The van der Waals surface area contributed by atoms with Crippen molar-refractivity contribution in [2.75, 3.05) is 0 Å². The molecule has 1 atom stereocenters. The van der Waals surface area contributed by atoms with Crippen LogP contribution >= 0.6 is 0 Å². The van der Waals surface area contributed by atoms with Gasteiger partial charge in [0.25, 0.3) is 0 Å². The summed E-state index contributed by atoms with van der Waals surface area (Å²) < 4.78 is 0. The lowest BCUT2D eigenvalue weighted by Gasteiger charge is -2.31. The summed E-state index contributed by atoms with van der Waals surface area (Å²) in [6.45, 7) is 6.62. The lowest BCUT2D eigenvalue weighted by molar-refractivity contribution is 0.0605. The van der Waals surface area contributed by atoms with Gasteiger partial charge in [0.2, 0.25) is 0 Å². The first-order valence-corrected chi connectivity index (χ1v) is 6.01. The van der Waals surface area contributed by atoms with Crippen LogP contribution in [0.25, 0.3) is 0 Å². The molecule has 0 bridgehead atoms. The molecule has 0 fully saturated rings. The molecule has 0 aromatic carbocycles. The fourth-order valence-electron chi connectivity index (χ4n) is 2.22. The van der Waals surface area contributed by atoms with Crippen molar-refractivity contribution in [3.05, 3.63) is 11.6 Å². The highest BCUT2D eigenvalue weighted by Gasteiger charge is 2.27. The number of unbranched alkanes of at least 4 members (excludes halogenated alkanes) is 1.